The summed E-state index contributed by atoms with van der Waals surface area (Å²) in [7, 11) is 0. The molecule has 0 aromatic rings. The molecule has 2 heterocycles. The molecule has 2 rings (SSSR count). The van der Waals surface area contributed by atoms with Crippen molar-refractivity contribution >= 4 is 0 Å². The molecule has 0 aromatic carbocycles. The summed E-state index contributed by atoms with van der Waals surface area (Å²) in [5.74, 6) is 0. The van der Waals surface area contributed by atoms with Crippen molar-refractivity contribution < 1.29 is 13.2 Å². The Balaban J connectivity index is 0.000000531. The highest BCUT2D eigenvalue weighted by molar-refractivity contribution is 5.11. The fraction of sp³-hybridized carbons (Fsp3) is 1.00. The molecule has 90 valence electrons. The highest BCUT2D eigenvalue weighted by Crippen LogP contribution is 2.44. The predicted octanol–water partition coefficient (Wildman–Crippen LogP) is 2.90. The van der Waals surface area contributed by atoms with Gasteiger partial charge in [0.1, 0.15) is 12.3 Å². The lowest BCUT2D eigenvalue weighted by Crippen LogP contribution is -2.44. The molecular formula is C11H20F3N. The van der Waals surface area contributed by atoms with E-state index in [9.17, 15) is 13.2 Å². The van der Waals surface area contributed by atoms with Crippen LogP contribution in [0.5, 0.6) is 0 Å². The van der Waals surface area contributed by atoms with Gasteiger partial charge in [-0.1, -0.05) is 20.8 Å². The molecule has 15 heavy (non-hydrogen) atoms. The minimum Gasteiger partial charge on any atom is -0.289 e. The molecule has 0 radical (unpaired) electrons. The van der Waals surface area contributed by atoms with Gasteiger partial charge in [0.2, 0.25) is 0 Å². The molecule has 2 aliphatic rings. The summed E-state index contributed by atoms with van der Waals surface area (Å²) in [5.41, 5.74) is -0.834. The van der Waals surface area contributed by atoms with Gasteiger partial charge in [-0.2, -0.15) is 0 Å². The van der Waals surface area contributed by atoms with Gasteiger partial charge in [-0.05, 0) is 6.42 Å². The molecule has 4 atom stereocenters. The van der Waals surface area contributed by atoms with Crippen molar-refractivity contribution in [1.29, 1.82) is 0 Å². The molecule has 0 unspecified atom stereocenters. The third kappa shape index (κ3) is 1.88. The van der Waals surface area contributed by atoms with E-state index >= 15 is 0 Å². The first-order valence-corrected chi connectivity index (χ1v) is 5.77. The normalized spacial score (nSPS) is 44.8. The highest BCUT2D eigenvalue weighted by Gasteiger charge is 2.58. The van der Waals surface area contributed by atoms with E-state index in [1.807, 2.05) is 13.8 Å². The number of halogens is 3. The van der Waals surface area contributed by atoms with Gasteiger partial charge in [0.25, 0.3) is 0 Å². The van der Waals surface area contributed by atoms with Crippen LogP contribution in [0, 0.1) is 0 Å². The van der Waals surface area contributed by atoms with Crippen molar-refractivity contribution in [1.82, 2.24) is 4.90 Å². The number of fused-ring (bicyclic) bond motifs is 1. The minimum absolute atomic E-state index is 0.0649. The Labute approximate surface area is 89.6 Å². The van der Waals surface area contributed by atoms with Gasteiger partial charge < -0.3 is 0 Å². The van der Waals surface area contributed by atoms with Gasteiger partial charge in [0.15, 0.2) is 6.17 Å². The van der Waals surface area contributed by atoms with Gasteiger partial charge >= 0.3 is 0 Å². The van der Waals surface area contributed by atoms with Crippen LogP contribution in [0.4, 0.5) is 13.2 Å². The predicted molar refractivity (Wildman–Crippen MR) is 55.2 cm³/mol. The summed E-state index contributed by atoms with van der Waals surface area (Å²) in [6, 6.07) is 0. The Morgan fingerprint density at radius 1 is 1.20 bits per heavy atom. The molecule has 2 saturated heterocycles. The molecule has 0 amide bonds. The largest absolute Gasteiger partial charge is 0.289 e. The average molecular weight is 223 g/mol. The molecule has 0 spiro atoms. The second kappa shape index (κ2) is 4.73. The van der Waals surface area contributed by atoms with Crippen LogP contribution in [0.3, 0.4) is 0 Å². The maximum atomic E-state index is 13.5. The molecule has 0 N–H and O–H groups in total. The van der Waals surface area contributed by atoms with E-state index in [0.717, 1.165) is 0 Å². The first-order chi connectivity index (χ1) is 7.10. The zero-order valence-electron chi connectivity index (χ0n) is 9.64. The maximum Gasteiger partial charge on any atom is 0.151 e. The van der Waals surface area contributed by atoms with E-state index in [1.165, 1.54) is 0 Å². The number of hydrogen-bond acceptors (Lipinski definition) is 1. The molecule has 2 aliphatic heterocycles. The van der Waals surface area contributed by atoms with E-state index in [1.54, 1.807) is 11.8 Å². The molecular weight excluding hydrogens is 203 g/mol. The number of nitrogens with zero attached hydrogens (tertiary/aromatic N) is 1. The topological polar surface area (TPSA) is 3.24 Å². The first kappa shape index (κ1) is 12.8. The molecule has 0 bridgehead atoms. The van der Waals surface area contributed by atoms with Gasteiger partial charge in [-0.15, -0.1) is 0 Å². The number of alkyl halides is 3. The van der Waals surface area contributed by atoms with Crippen molar-refractivity contribution in [3.05, 3.63) is 0 Å². The van der Waals surface area contributed by atoms with Crippen LogP contribution >= 0.6 is 0 Å². The van der Waals surface area contributed by atoms with Crippen molar-refractivity contribution in [2.24, 2.45) is 0 Å². The lowest BCUT2D eigenvalue weighted by Gasteiger charge is -2.31. The van der Waals surface area contributed by atoms with Crippen LogP contribution in [0.25, 0.3) is 0 Å². The van der Waals surface area contributed by atoms with Gasteiger partial charge in [-0.3, -0.25) is 4.90 Å². The van der Waals surface area contributed by atoms with E-state index < -0.39 is 24.1 Å². The van der Waals surface area contributed by atoms with Crippen LogP contribution in [-0.4, -0.2) is 42.0 Å². The van der Waals surface area contributed by atoms with Gasteiger partial charge in [-0.25, -0.2) is 13.2 Å². The van der Waals surface area contributed by atoms with Crippen molar-refractivity contribution in [2.45, 2.75) is 57.7 Å². The average Bonchev–Trinajstić information content (AvgIpc) is 2.67. The summed E-state index contributed by atoms with van der Waals surface area (Å²) in [5, 5.41) is 0. The van der Waals surface area contributed by atoms with E-state index in [4.69, 9.17) is 0 Å². The maximum absolute atomic E-state index is 13.5. The van der Waals surface area contributed by atoms with Crippen molar-refractivity contribution in [3.63, 3.8) is 0 Å². The SMILES string of the molecule is CC.CC[C@]12C[C@@H](F)CN1C[C@@H](F)[C@H]2F. The Bertz CT molecular complexity index is 212. The van der Waals surface area contributed by atoms with Crippen molar-refractivity contribution in [2.75, 3.05) is 13.1 Å². The first-order valence-electron chi connectivity index (χ1n) is 5.77. The molecule has 1 nitrogen and oxygen atoms in total. The lowest BCUT2D eigenvalue weighted by molar-refractivity contribution is 0.0940. The second-order valence-corrected chi connectivity index (χ2v) is 4.08. The third-order valence-corrected chi connectivity index (χ3v) is 3.46. The monoisotopic (exact) mass is 223 g/mol. The summed E-state index contributed by atoms with van der Waals surface area (Å²) in [6.07, 6.45) is -3.25. The van der Waals surface area contributed by atoms with Crippen LogP contribution in [0.15, 0.2) is 0 Å². The number of hydrogen-bond donors (Lipinski definition) is 0. The van der Waals surface area contributed by atoms with E-state index in [0.29, 0.717) is 6.42 Å². The molecule has 0 aromatic heterocycles. The van der Waals surface area contributed by atoms with E-state index in [2.05, 4.69) is 0 Å². The van der Waals surface area contributed by atoms with Crippen molar-refractivity contribution in [3.8, 4) is 0 Å². The zero-order valence-corrected chi connectivity index (χ0v) is 9.64. The smallest absolute Gasteiger partial charge is 0.151 e. The zero-order chi connectivity index (χ0) is 11.6. The van der Waals surface area contributed by atoms with E-state index in [-0.39, 0.29) is 19.5 Å². The molecule has 0 saturated carbocycles. The second-order valence-electron chi connectivity index (χ2n) is 4.08. The minimum atomic E-state index is -1.50. The Hall–Kier alpha value is -0.250. The summed E-state index contributed by atoms with van der Waals surface area (Å²) < 4.78 is 39.6. The third-order valence-electron chi connectivity index (χ3n) is 3.46. The Kier molecular flexibility index (Phi) is 4.04. The molecule has 4 heteroatoms. The van der Waals surface area contributed by atoms with Crippen LogP contribution < -0.4 is 0 Å². The Morgan fingerprint density at radius 2 is 1.80 bits per heavy atom. The van der Waals surface area contributed by atoms with Crippen LogP contribution in [0.1, 0.15) is 33.6 Å². The lowest BCUT2D eigenvalue weighted by atomic mass is 9.89. The van der Waals surface area contributed by atoms with Crippen LogP contribution in [-0.2, 0) is 0 Å². The number of rotatable bonds is 1. The summed E-state index contributed by atoms with van der Waals surface area (Å²) in [6.45, 7) is 6.07. The summed E-state index contributed by atoms with van der Waals surface area (Å²) >= 11 is 0. The standard InChI is InChI=1S/C9H14F3N.C2H6/c1-2-9-3-6(10)4-13(9)5-7(11)8(9)12;1-2/h6-8H,2-5H2,1H3;1-2H3/t6-,7-,8-,9-;/m1./s1. The van der Waals surface area contributed by atoms with Crippen LogP contribution in [0.2, 0.25) is 0 Å². The van der Waals surface area contributed by atoms with Gasteiger partial charge in [0.05, 0.1) is 5.54 Å². The molecule has 0 aliphatic carbocycles. The molecule has 2 fully saturated rings. The Morgan fingerprint density at radius 3 is 2.27 bits per heavy atom. The van der Waals surface area contributed by atoms with Gasteiger partial charge in [0, 0.05) is 19.5 Å². The summed E-state index contributed by atoms with van der Waals surface area (Å²) in [4.78, 5) is 1.65. The fourth-order valence-electron chi connectivity index (χ4n) is 2.74. The quantitative estimate of drug-likeness (QED) is 0.660. The highest BCUT2D eigenvalue weighted by atomic mass is 19.2. The fourth-order valence-corrected chi connectivity index (χ4v) is 2.74.